The summed E-state index contributed by atoms with van der Waals surface area (Å²) in [6.07, 6.45) is 0.520. The average Bonchev–Trinajstić information content (AvgIpc) is 2.34. The van der Waals surface area contributed by atoms with Crippen molar-refractivity contribution in [3.8, 4) is 0 Å². The number of nitrogens with one attached hydrogen (secondary N) is 2. The van der Waals surface area contributed by atoms with Crippen molar-refractivity contribution in [3.63, 3.8) is 0 Å². The van der Waals surface area contributed by atoms with Gasteiger partial charge in [-0.1, -0.05) is 6.92 Å². The lowest BCUT2D eigenvalue weighted by Gasteiger charge is -2.13. The fourth-order valence-electron chi connectivity index (χ4n) is 1.28. The van der Waals surface area contributed by atoms with Gasteiger partial charge in [0.2, 0.25) is 5.91 Å². The highest BCUT2D eigenvalue weighted by Gasteiger charge is 2.12. The molecule has 0 bridgehead atoms. The minimum Gasteiger partial charge on any atom is -0.383 e. The number of hydrogen-bond acceptors (Lipinski definition) is 5. The molecule has 18 heavy (non-hydrogen) atoms. The highest BCUT2D eigenvalue weighted by atomic mass is 32.2. The number of carbonyl (C=O) groups is 1. The monoisotopic (exact) mass is 280 g/mol. The summed E-state index contributed by atoms with van der Waals surface area (Å²) in [7, 11) is -1.34. The first-order valence-electron chi connectivity index (χ1n) is 6.13. The highest BCUT2D eigenvalue weighted by Crippen LogP contribution is 1.93. The topological polar surface area (TPSA) is 84.5 Å². The number of sulfone groups is 1. The molecule has 1 unspecified atom stereocenters. The van der Waals surface area contributed by atoms with E-state index in [1.807, 2.05) is 0 Å². The van der Waals surface area contributed by atoms with Gasteiger partial charge in [0.15, 0.2) is 0 Å². The Kier molecular flexibility index (Phi) is 8.95. The summed E-state index contributed by atoms with van der Waals surface area (Å²) in [6, 6.07) is -0.328. The Labute approximate surface area is 109 Å². The van der Waals surface area contributed by atoms with E-state index in [0.717, 1.165) is 0 Å². The van der Waals surface area contributed by atoms with Gasteiger partial charge >= 0.3 is 0 Å². The van der Waals surface area contributed by atoms with Crippen molar-refractivity contribution in [2.45, 2.75) is 26.3 Å². The third-order valence-corrected chi connectivity index (χ3v) is 4.31. The van der Waals surface area contributed by atoms with Crippen LogP contribution in [-0.4, -0.2) is 58.7 Å². The van der Waals surface area contributed by atoms with Gasteiger partial charge in [0.1, 0.15) is 9.84 Å². The summed E-state index contributed by atoms with van der Waals surface area (Å²) in [5.41, 5.74) is 0. The van der Waals surface area contributed by atoms with Crippen LogP contribution in [-0.2, 0) is 19.4 Å². The highest BCUT2D eigenvalue weighted by molar-refractivity contribution is 7.91. The standard InChI is InChI=1S/C11H24N2O4S/c1-4-18(15,16)9-5-6-12-10(2)11(14)13-7-8-17-3/h10,12H,4-9H2,1-3H3,(H,13,14). The van der Waals surface area contributed by atoms with E-state index in [0.29, 0.717) is 26.1 Å². The predicted octanol–water partition coefficient (Wildman–Crippen LogP) is -0.448. The second kappa shape index (κ2) is 9.29. The fourth-order valence-corrected chi connectivity index (χ4v) is 2.15. The second-order valence-electron chi connectivity index (χ2n) is 4.05. The van der Waals surface area contributed by atoms with E-state index in [1.54, 1.807) is 21.0 Å². The molecule has 1 amide bonds. The molecule has 0 saturated heterocycles. The van der Waals surface area contributed by atoms with Gasteiger partial charge in [-0.25, -0.2) is 8.42 Å². The molecule has 0 aliphatic heterocycles. The van der Waals surface area contributed by atoms with Crippen LogP contribution >= 0.6 is 0 Å². The molecule has 0 aliphatic rings. The summed E-state index contributed by atoms with van der Waals surface area (Å²) in [4.78, 5) is 11.5. The number of rotatable bonds is 10. The molecule has 6 nitrogen and oxygen atoms in total. The van der Waals surface area contributed by atoms with Gasteiger partial charge in [0.05, 0.1) is 18.4 Å². The van der Waals surface area contributed by atoms with Gasteiger partial charge in [-0.15, -0.1) is 0 Å². The van der Waals surface area contributed by atoms with Crippen LogP contribution in [0.25, 0.3) is 0 Å². The van der Waals surface area contributed by atoms with Gasteiger partial charge in [0.25, 0.3) is 0 Å². The number of ether oxygens (including phenoxy) is 1. The smallest absolute Gasteiger partial charge is 0.236 e. The van der Waals surface area contributed by atoms with Gasteiger partial charge in [0, 0.05) is 19.4 Å². The van der Waals surface area contributed by atoms with Crippen LogP contribution in [0, 0.1) is 0 Å². The molecular weight excluding hydrogens is 256 g/mol. The zero-order chi connectivity index (χ0) is 14.0. The molecule has 0 fully saturated rings. The Morgan fingerprint density at radius 3 is 2.56 bits per heavy atom. The van der Waals surface area contributed by atoms with Gasteiger partial charge in [-0.3, -0.25) is 4.79 Å². The maximum absolute atomic E-state index is 11.5. The lowest BCUT2D eigenvalue weighted by Crippen LogP contribution is -2.43. The summed E-state index contributed by atoms with van der Waals surface area (Å²) >= 11 is 0. The number of hydrogen-bond donors (Lipinski definition) is 2. The van der Waals surface area contributed by atoms with E-state index >= 15 is 0 Å². The van der Waals surface area contributed by atoms with Crippen molar-refractivity contribution in [3.05, 3.63) is 0 Å². The van der Waals surface area contributed by atoms with Crippen LogP contribution in [0.1, 0.15) is 20.3 Å². The normalized spacial score (nSPS) is 13.3. The van der Waals surface area contributed by atoms with Gasteiger partial charge in [-0.2, -0.15) is 0 Å². The number of methoxy groups -OCH3 is 1. The summed E-state index contributed by atoms with van der Waals surface area (Å²) in [5, 5.41) is 5.70. The van der Waals surface area contributed by atoms with Crippen LogP contribution in [0.5, 0.6) is 0 Å². The molecule has 0 radical (unpaired) electrons. The predicted molar refractivity (Wildman–Crippen MR) is 71.3 cm³/mol. The fraction of sp³-hybridized carbons (Fsp3) is 0.909. The zero-order valence-electron chi connectivity index (χ0n) is 11.4. The lowest BCUT2D eigenvalue weighted by atomic mass is 10.3. The first kappa shape index (κ1) is 17.3. The van der Waals surface area contributed by atoms with Crippen LogP contribution in [0.4, 0.5) is 0 Å². The largest absolute Gasteiger partial charge is 0.383 e. The van der Waals surface area contributed by atoms with Crippen molar-refractivity contribution >= 4 is 15.7 Å². The summed E-state index contributed by atoms with van der Waals surface area (Å²) in [6.45, 7) is 4.85. The molecule has 0 aromatic heterocycles. The molecular formula is C11H24N2O4S. The minimum absolute atomic E-state index is 0.106. The molecule has 0 aliphatic carbocycles. The van der Waals surface area contributed by atoms with Crippen LogP contribution in [0.15, 0.2) is 0 Å². The molecule has 7 heteroatoms. The Balaban J connectivity index is 3.70. The van der Waals surface area contributed by atoms with E-state index in [9.17, 15) is 13.2 Å². The molecule has 0 spiro atoms. The first-order chi connectivity index (χ1) is 8.43. The molecule has 0 aromatic rings. The van der Waals surface area contributed by atoms with E-state index in [4.69, 9.17) is 4.74 Å². The molecule has 2 N–H and O–H groups in total. The van der Waals surface area contributed by atoms with Crippen molar-refractivity contribution in [1.82, 2.24) is 10.6 Å². The Bertz CT molecular complexity index is 330. The van der Waals surface area contributed by atoms with E-state index in [1.165, 1.54) is 0 Å². The quantitative estimate of drug-likeness (QED) is 0.530. The lowest BCUT2D eigenvalue weighted by molar-refractivity contribution is -0.122. The first-order valence-corrected chi connectivity index (χ1v) is 7.95. The van der Waals surface area contributed by atoms with Crippen molar-refractivity contribution in [1.29, 1.82) is 0 Å². The van der Waals surface area contributed by atoms with Gasteiger partial charge in [-0.05, 0) is 19.9 Å². The Morgan fingerprint density at radius 1 is 1.33 bits per heavy atom. The Hall–Kier alpha value is -0.660. The molecule has 0 rings (SSSR count). The molecule has 108 valence electrons. The van der Waals surface area contributed by atoms with Crippen LogP contribution < -0.4 is 10.6 Å². The zero-order valence-corrected chi connectivity index (χ0v) is 12.2. The third kappa shape index (κ3) is 8.43. The third-order valence-electron chi connectivity index (χ3n) is 2.52. The number of amides is 1. The van der Waals surface area contributed by atoms with E-state index in [-0.39, 0.29) is 23.5 Å². The minimum atomic E-state index is -2.91. The van der Waals surface area contributed by atoms with Gasteiger partial charge < -0.3 is 15.4 Å². The van der Waals surface area contributed by atoms with Crippen LogP contribution in [0.2, 0.25) is 0 Å². The van der Waals surface area contributed by atoms with E-state index in [2.05, 4.69) is 10.6 Å². The van der Waals surface area contributed by atoms with Crippen molar-refractivity contribution < 1.29 is 17.9 Å². The van der Waals surface area contributed by atoms with Crippen LogP contribution in [0.3, 0.4) is 0 Å². The molecule has 0 aromatic carbocycles. The average molecular weight is 280 g/mol. The second-order valence-corrected chi connectivity index (χ2v) is 6.52. The number of carbonyl (C=O) groups excluding carboxylic acids is 1. The van der Waals surface area contributed by atoms with Crippen molar-refractivity contribution in [2.24, 2.45) is 0 Å². The summed E-state index contributed by atoms with van der Waals surface area (Å²) in [5.74, 6) is 0.222. The van der Waals surface area contributed by atoms with Crippen molar-refractivity contribution in [2.75, 3.05) is 38.3 Å². The Morgan fingerprint density at radius 2 is 2.00 bits per heavy atom. The van der Waals surface area contributed by atoms with E-state index < -0.39 is 9.84 Å². The summed E-state index contributed by atoms with van der Waals surface area (Å²) < 4.78 is 27.3. The maximum atomic E-state index is 11.5. The maximum Gasteiger partial charge on any atom is 0.236 e. The molecule has 0 saturated carbocycles. The molecule has 1 atom stereocenters. The SMILES string of the molecule is CCS(=O)(=O)CCCNC(C)C(=O)NCCOC. The molecule has 0 heterocycles.